The van der Waals surface area contributed by atoms with Gasteiger partial charge in [0.15, 0.2) is 0 Å². The first-order chi connectivity index (χ1) is 10.0. The molecule has 0 aliphatic heterocycles. The molecular formula is C17H27BrO3. The molecule has 120 valence electrons. The molecule has 0 aromatic rings. The molecule has 0 spiro atoms. The molecule has 5 atom stereocenters. The zero-order valence-electron chi connectivity index (χ0n) is 12.8. The highest BCUT2D eigenvalue weighted by Crippen LogP contribution is 2.45. The molecule has 2 rings (SSSR count). The summed E-state index contributed by atoms with van der Waals surface area (Å²) in [5, 5.41) is 20.5. The van der Waals surface area contributed by atoms with Crippen LogP contribution in [0.15, 0.2) is 10.6 Å². The lowest BCUT2D eigenvalue weighted by atomic mass is 9.72. The van der Waals surface area contributed by atoms with Gasteiger partial charge < -0.3 is 10.2 Å². The highest BCUT2D eigenvalue weighted by atomic mass is 79.9. The Hall–Kier alpha value is -0.190. The number of ketones is 1. The lowest BCUT2D eigenvalue weighted by Gasteiger charge is -2.36. The molecule has 2 N–H and O–H groups in total. The lowest BCUT2D eigenvalue weighted by Crippen LogP contribution is -2.34. The van der Waals surface area contributed by atoms with Crippen molar-refractivity contribution in [1.82, 2.24) is 0 Å². The van der Waals surface area contributed by atoms with E-state index in [1.54, 1.807) is 0 Å². The van der Waals surface area contributed by atoms with Crippen molar-refractivity contribution in [3.63, 3.8) is 0 Å². The van der Waals surface area contributed by atoms with Crippen molar-refractivity contribution in [2.75, 3.05) is 0 Å². The summed E-state index contributed by atoms with van der Waals surface area (Å²) in [5.41, 5.74) is 0. The fraction of sp³-hybridized carbons (Fsp3) is 0.824. The number of hydrogen-bond acceptors (Lipinski definition) is 3. The van der Waals surface area contributed by atoms with E-state index < -0.39 is 6.10 Å². The first kappa shape index (κ1) is 17.2. The summed E-state index contributed by atoms with van der Waals surface area (Å²) in [7, 11) is 0. The number of unbranched alkanes of at least 4 members (excludes halogenated alkanes) is 2. The van der Waals surface area contributed by atoms with E-state index in [-0.39, 0.29) is 17.9 Å². The van der Waals surface area contributed by atoms with Crippen LogP contribution in [0.3, 0.4) is 0 Å². The third kappa shape index (κ3) is 4.40. The van der Waals surface area contributed by atoms with Gasteiger partial charge in [0.25, 0.3) is 0 Å². The van der Waals surface area contributed by atoms with Crippen LogP contribution in [0.5, 0.6) is 0 Å². The van der Waals surface area contributed by atoms with E-state index in [1.807, 2.05) is 6.08 Å². The predicted octanol–water partition coefficient (Wildman–Crippen LogP) is 3.57. The van der Waals surface area contributed by atoms with E-state index in [0.29, 0.717) is 24.5 Å². The van der Waals surface area contributed by atoms with Crippen molar-refractivity contribution in [2.24, 2.45) is 17.8 Å². The van der Waals surface area contributed by atoms with Crippen LogP contribution in [0.2, 0.25) is 0 Å². The SMILES string of the molecule is CCCCC[C@@H](O)C(Br)=CC1C(O)CC[C@@H]2CC(=O)C[C@@H]12. The summed E-state index contributed by atoms with van der Waals surface area (Å²) in [5.74, 6) is 1.03. The van der Waals surface area contributed by atoms with Gasteiger partial charge in [0, 0.05) is 23.2 Å². The normalized spacial score (nSPS) is 34.9. The zero-order valence-corrected chi connectivity index (χ0v) is 14.4. The van der Waals surface area contributed by atoms with Gasteiger partial charge in [0.1, 0.15) is 5.78 Å². The Morgan fingerprint density at radius 1 is 1.38 bits per heavy atom. The molecule has 2 aliphatic rings. The fourth-order valence-electron chi connectivity index (χ4n) is 3.84. The molecule has 0 aromatic heterocycles. The van der Waals surface area contributed by atoms with Gasteiger partial charge in [0.05, 0.1) is 12.2 Å². The Morgan fingerprint density at radius 3 is 2.86 bits per heavy atom. The maximum Gasteiger partial charge on any atom is 0.133 e. The predicted molar refractivity (Wildman–Crippen MR) is 87.1 cm³/mol. The molecule has 0 bridgehead atoms. The third-order valence-electron chi connectivity index (χ3n) is 5.08. The lowest BCUT2D eigenvalue weighted by molar-refractivity contribution is -0.117. The maximum absolute atomic E-state index is 11.7. The van der Waals surface area contributed by atoms with Crippen molar-refractivity contribution in [1.29, 1.82) is 0 Å². The molecule has 4 heteroatoms. The Balaban J connectivity index is 2.00. The van der Waals surface area contributed by atoms with E-state index in [4.69, 9.17) is 0 Å². The second-order valence-corrected chi connectivity index (χ2v) is 7.57. The van der Waals surface area contributed by atoms with Gasteiger partial charge in [-0.2, -0.15) is 0 Å². The van der Waals surface area contributed by atoms with Gasteiger partial charge in [0.2, 0.25) is 0 Å². The smallest absolute Gasteiger partial charge is 0.133 e. The van der Waals surface area contributed by atoms with E-state index in [1.165, 1.54) is 0 Å². The minimum absolute atomic E-state index is 0.00500. The molecule has 21 heavy (non-hydrogen) atoms. The van der Waals surface area contributed by atoms with Crippen LogP contribution in [0.1, 0.15) is 58.3 Å². The van der Waals surface area contributed by atoms with Gasteiger partial charge in [-0.15, -0.1) is 0 Å². The summed E-state index contributed by atoms with van der Waals surface area (Å²) < 4.78 is 0.780. The average Bonchev–Trinajstić information content (AvgIpc) is 2.83. The van der Waals surface area contributed by atoms with Crippen LogP contribution in [0, 0.1) is 17.8 Å². The quantitative estimate of drug-likeness (QED) is 0.713. The number of halogens is 1. The first-order valence-corrected chi connectivity index (χ1v) is 9.07. The first-order valence-electron chi connectivity index (χ1n) is 8.28. The minimum Gasteiger partial charge on any atom is -0.393 e. The van der Waals surface area contributed by atoms with Crippen LogP contribution in [-0.2, 0) is 4.79 Å². The average molecular weight is 359 g/mol. The molecule has 0 amide bonds. The van der Waals surface area contributed by atoms with Gasteiger partial charge in [-0.25, -0.2) is 0 Å². The number of hydrogen-bond donors (Lipinski definition) is 2. The molecular weight excluding hydrogens is 332 g/mol. The monoisotopic (exact) mass is 358 g/mol. The van der Waals surface area contributed by atoms with Gasteiger partial charge in [-0.05, 0) is 31.1 Å². The number of aliphatic hydroxyl groups is 2. The number of Topliss-reactive ketones (excluding diaryl/α,β-unsaturated/α-hetero) is 1. The summed E-state index contributed by atoms with van der Waals surface area (Å²) in [6.45, 7) is 2.15. The summed E-state index contributed by atoms with van der Waals surface area (Å²) in [4.78, 5) is 11.7. The van der Waals surface area contributed by atoms with Crippen molar-refractivity contribution in [2.45, 2.75) is 70.5 Å². The molecule has 2 fully saturated rings. The number of rotatable bonds is 6. The standard InChI is InChI=1S/C17H27BrO3/c1-2-3-4-5-17(21)15(18)10-14-13-9-12(19)8-11(13)6-7-16(14)20/h10-11,13-14,16-17,20-21H,2-9H2,1H3/t11-,13-,14?,16?,17-/m1/s1. The number of carbonyl (C=O) groups is 1. The molecule has 2 aliphatic carbocycles. The summed E-state index contributed by atoms with van der Waals surface area (Å²) in [6.07, 6.45) is 8.14. The Labute approximate surface area is 135 Å². The highest BCUT2D eigenvalue weighted by Gasteiger charge is 2.43. The van der Waals surface area contributed by atoms with Crippen LogP contribution >= 0.6 is 15.9 Å². The zero-order chi connectivity index (χ0) is 15.4. The number of carbonyl (C=O) groups excluding carboxylic acids is 1. The Bertz CT molecular complexity index is 393. The van der Waals surface area contributed by atoms with E-state index >= 15 is 0 Å². The summed E-state index contributed by atoms with van der Waals surface area (Å²) >= 11 is 3.49. The van der Waals surface area contributed by atoms with Crippen molar-refractivity contribution in [3.05, 3.63) is 10.6 Å². The topological polar surface area (TPSA) is 57.5 Å². The van der Waals surface area contributed by atoms with E-state index in [2.05, 4.69) is 22.9 Å². The van der Waals surface area contributed by atoms with Crippen molar-refractivity contribution >= 4 is 21.7 Å². The molecule has 2 saturated carbocycles. The number of aliphatic hydroxyl groups excluding tert-OH is 2. The van der Waals surface area contributed by atoms with Crippen molar-refractivity contribution < 1.29 is 15.0 Å². The Kier molecular flexibility index (Phi) is 6.45. The molecule has 0 radical (unpaired) electrons. The van der Waals surface area contributed by atoms with Gasteiger partial charge in [-0.1, -0.05) is 48.2 Å². The Morgan fingerprint density at radius 2 is 2.14 bits per heavy atom. The van der Waals surface area contributed by atoms with E-state index in [0.717, 1.165) is 43.0 Å². The number of fused-ring (bicyclic) bond motifs is 1. The molecule has 0 aromatic carbocycles. The van der Waals surface area contributed by atoms with Gasteiger partial charge >= 0.3 is 0 Å². The molecule has 0 saturated heterocycles. The summed E-state index contributed by atoms with van der Waals surface area (Å²) in [6, 6.07) is 0. The highest BCUT2D eigenvalue weighted by molar-refractivity contribution is 9.11. The molecule has 2 unspecified atom stereocenters. The van der Waals surface area contributed by atoms with Crippen LogP contribution in [0.4, 0.5) is 0 Å². The largest absolute Gasteiger partial charge is 0.393 e. The van der Waals surface area contributed by atoms with E-state index in [9.17, 15) is 15.0 Å². The van der Waals surface area contributed by atoms with Crippen LogP contribution in [0.25, 0.3) is 0 Å². The van der Waals surface area contributed by atoms with Crippen molar-refractivity contribution in [3.8, 4) is 0 Å². The fourth-order valence-corrected chi connectivity index (χ4v) is 4.38. The second kappa shape index (κ2) is 7.89. The van der Waals surface area contributed by atoms with Crippen LogP contribution in [-0.4, -0.2) is 28.2 Å². The maximum atomic E-state index is 11.7. The third-order valence-corrected chi connectivity index (χ3v) is 5.87. The minimum atomic E-state index is -0.485. The molecule has 3 nitrogen and oxygen atoms in total. The molecule has 0 heterocycles. The second-order valence-electron chi connectivity index (χ2n) is 6.66. The van der Waals surface area contributed by atoms with Gasteiger partial charge in [-0.3, -0.25) is 4.79 Å². The van der Waals surface area contributed by atoms with Crippen LogP contribution < -0.4 is 0 Å².